The van der Waals surface area contributed by atoms with Gasteiger partial charge in [-0.3, -0.25) is 14.8 Å². The number of nitro benzene ring substituents is 1. The molecule has 8 heteroatoms. The van der Waals surface area contributed by atoms with Gasteiger partial charge in [0.25, 0.3) is 5.69 Å². The van der Waals surface area contributed by atoms with E-state index in [1.54, 1.807) is 24.1 Å². The lowest BCUT2D eigenvalue weighted by Gasteiger charge is -2.11. The van der Waals surface area contributed by atoms with E-state index in [2.05, 4.69) is 5.10 Å². The van der Waals surface area contributed by atoms with Crippen molar-refractivity contribution in [3.63, 3.8) is 0 Å². The predicted molar refractivity (Wildman–Crippen MR) is 73.1 cm³/mol. The smallest absolute Gasteiger partial charge is 0.278 e. The number of rotatable bonds is 6. The molecule has 0 radical (unpaired) electrons. The van der Waals surface area contributed by atoms with Crippen LogP contribution in [0.25, 0.3) is 0 Å². The summed E-state index contributed by atoms with van der Waals surface area (Å²) in [5, 5.41) is 24.2. The zero-order valence-electron chi connectivity index (χ0n) is 11.6. The fourth-order valence-electron chi connectivity index (χ4n) is 1.87. The van der Waals surface area contributed by atoms with Gasteiger partial charge in [-0.1, -0.05) is 0 Å². The molecule has 0 atom stereocenters. The van der Waals surface area contributed by atoms with Crippen LogP contribution in [0.3, 0.4) is 0 Å². The van der Waals surface area contributed by atoms with E-state index in [4.69, 9.17) is 9.47 Å². The Morgan fingerprint density at radius 3 is 2.71 bits per heavy atom. The molecule has 0 spiro atoms. The number of hydrogen-bond donors (Lipinski definition) is 1. The SMILES string of the molecule is COc1cc(CO)c([N+](=O)[O-])cc1OCc1cnn(C)c1. The zero-order valence-corrected chi connectivity index (χ0v) is 11.6. The molecule has 0 unspecified atom stereocenters. The minimum atomic E-state index is -0.568. The quantitative estimate of drug-likeness (QED) is 0.638. The second kappa shape index (κ2) is 6.23. The summed E-state index contributed by atoms with van der Waals surface area (Å²) in [6.07, 6.45) is 3.42. The normalized spacial score (nSPS) is 10.4. The Hall–Kier alpha value is -2.61. The van der Waals surface area contributed by atoms with Gasteiger partial charge in [0.2, 0.25) is 0 Å². The van der Waals surface area contributed by atoms with Gasteiger partial charge in [-0.15, -0.1) is 0 Å². The Bertz CT molecular complexity index is 653. The van der Waals surface area contributed by atoms with E-state index in [1.165, 1.54) is 19.2 Å². The van der Waals surface area contributed by atoms with Crippen LogP contribution < -0.4 is 9.47 Å². The summed E-state index contributed by atoms with van der Waals surface area (Å²) in [5.74, 6) is 0.568. The lowest BCUT2D eigenvalue weighted by atomic mass is 10.1. The van der Waals surface area contributed by atoms with E-state index in [-0.39, 0.29) is 23.6 Å². The molecule has 1 N–H and O–H groups in total. The summed E-state index contributed by atoms with van der Waals surface area (Å²) in [7, 11) is 3.21. The second-order valence-electron chi connectivity index (χ2n) is 4.36. The highest BCUT2D eigenvalue weighted by Gasteiger charge is 2.19. The molecule has 0 aliphatic rings. The number of aliphatic hydroxyl groups is 1. The van der Waals surface area contributed by atoms with Gasteiger partial charge in [0.15, 0.2) is 11.5 Å². The lowest BCUT2D eigenvalue weighted by Crippen LogP contribution is -2.01. The van der Waals surface area contributed by atoms with Crippen LogP contribution >= 0.6 is 0 Å². The summed E-state index contributed by atoms with van der Waals surface area (Å²) >= 11 is 0. The zero-order chi connectivity index (χ0) is 15.4. The Kier molecular flexibility index (Phi) is 4.39. The van der Waals surface area contributed by atoms with Gasteiger partial charge in [0, 0.05) is 18.8 Å². The van der Waals surface area contributed by atoms with Crippen molar-refractivity contribution in [2.75, 3.05) is 7.11 Å². The Morgan fingerprint density at radius 1 is 1.43 bits per heavy atom. The summed E-state index contributed by atoms with van der Waals surface area (Å²) in [6.45, 7) is -0.241. The first-order valence-corrected chi connectivity index (χ1v) is 6.11. The molecule has 0 aliphatic heterocycles. The molecule has 0 bridgehead atoms. The highest BCUT2D eigenvalue weighted by molar-refractivity contribution is 5.54. The maximum absolute atomic E-state index is 11.0. The van der Waals surface area contributed by atoms with Crippen LogP contribution in [0.4, 0.5) is 5.69 Å². The molecule has 21 heavy (non-hydrogen) atoms. The van der Waals surface area contributed by atoms with Gasteiger partial charge >= 0.3 is 0 Å². The Morgan fingerprint density at radius 2 is 2.19 bits per heavy atom. The van der Waals surface area contributed by atoms with E-state index < -0.39 is 11.5 Å². The molecule has 0 saturated carbocycles. The van der Waals surface area contributed by atoms with E-state index in [0.29, 0.717) is 5.75 Å². The summed E-state index contributed by atoms with van der Waals surface area (Å²) in [5.41, 5.74) is 0.790. The number of aryl methyl sites for hydroxylation is 1. The molecule has 0 fully saturated rings. The van der Waals surface area contributed by atoms with Gasteiger partial charge < -0.3 is 14.6 Å². The highest BCUT2D eigenvalue weighted by atomic mass is 16.6. The molecule has 1 aromatic carbocycles. The molecule has 1 aromatic heterocycles. The van der Waals surface area contributed by atoms with Gasteiger partial charge in [0.05, 0.1) is 36.5 Å². The third kappa shape index (κ3) is 3.29. The molecule has 0 aliphatic carbocycles. The van der Waals surface area contributed by atoms with E-state index in [9.17, 15) is 15.2 Å². The van der Waals surface area contributed by atoms with Crippen molar-refractivity contribution in [1.29, 1.82) is 0 Å². The Labute approximate surface area is 120 Å². The van der Waals surface area contributed by atoms with Gasteiger partial charge in [-0.2, -0.15) is 5.10 Å². The summed E-state index contributed by atoms with van der Waals surface area (Å²) < 4.78 is 12.3. The van der Waals surface area contributed by atoms with Crippen LogP contribution in [-0.4, -0.2) is 26.9 Å². The molecule has 2 rings (SSSR count). The first-order valence-electron chi connectivity index (χ1n) is 6.11. The first-order chi connectivity index (χ1) is 10.0. The van der Waals surface area contributed by atoms with Crippen LogP contribution in [0, 0.1) is 10.1 Å². The molecule has 112 valence electrons. The number of nitrogens with zero attached hydrogens (tertiary/aromatic N) is 3. The molecular formula is C13H15N3O5. The molecule has 8 nitrogen and oxygen atoms in total. The fourth-order valence-corrected chi connectivity index (χ4v) is 1.87. The van der Waals surface area contributed by atoms with E-state index in [1.807, 2.05) is 0 Å². The van der Waals surface area contributed by atoms with E-state index in [0.717, 1.165) is 5.56 Å². The van der Waals surface area contributed by atoms with Crippen LogP contribution in [0.15, 0.2) is 24.5 Å². The maximum atomic E-state index is 11.0. The van der Waals surface area contributed by atoms with Crippen LogP contribution in [0.5, 0.6) is 11.5 Å². The number of methoxy groups -OCH3 is 1. The second-order valence-corrected chi connectivity index (χ2v) is 4.36. The molecule has 0 saturated heterocycles. The molecule has 2 aromatic rings. The summed E-state index contributed by atoms with van der Waals surface area (Å²) in [6, 6.07) is 2.65. The third-order valence-corrected chi connectivity index (χ3v) is 2.88. The number of aromatic nitrogens is 2. The number of aliphatic hydroxyl groups excluding tert-OH is 1. The average molecular weight is 293 g/mol. The van der Waals surface area contributed by atoms with Crippen LogP contribution in [-0.2, 0) is 20.3 Å². The van der Waals surface area contributed by atoms with Crippen LogP contribution in [0.1, 0.15) is 11.1 Å². The van der Waals surface area contributed by atoms with Crippen molar-refractivity contribution in [3.05, 3.63) is 45.8 Å². The van der Waals surface area contributed by atoms with E-state index >= 15 is 0 Å². The first kappa shape index (κ1) is 14.8. The third-order valence-electron chi connectivity index (χ3n) is 2.88. The lowest BCUT2D eigenvalue weighted by molar-refractivity contribution is -0.386. The predicted octanol–water partition coefficient (Wildman–Crippen LogP) is 1.41. The van der Waals surface area contributed by atoms with Gasteiger partial charge in [0.1, 0.15) is 6.61 Å². The van der Waals surface area contributed by atoms with Crippen molar-refractivity contribution in [3.8, 4) is 11.5 Å². The largest absolute Gasteiger partial charge is 0.493 e. The maximum Gasteiger partial charge on any atom is 0.278 e. The van der Waals surface area contributed by atoms with Crippen molar-refractivity contribution in [1.82, 2.24) is 9.78 Å². The number of nitro groups is 1. The minimum absolute atomic E-state index is 0.172. The average Bonchev–Trinajstić information content (AvgIpc) is 2.89. The fraction of sp³-hybridized carbons (Fsp3) is 0.308. The Balaban J connectivity index is 2.28. The minimum Gasteiger partial charge on any atom is -0.493 e. The monoisotopic (exact) mass is 293 g/mol. The van der Waals surface area contributed by atoms with Crippen molar-refractivity contribution < 1.29 is 19.5 Å². The number of benzene rings is 1. The molecular weight excluding hydrogens is 278 g/mol. The highest BCUT2D eigenvalue weighted by Crippen LogP contribution is 2.35. The molecule has 0 amide bonds. The van der Waals surface area contributed by atoms with Crippen molar-refractivity contribution in [2.24, 2.45) is 7.05 Å². The number of hydrogen-bond acceptors (Lipinski definition) is 6. The van der Waals surface area contributed by atoms with Gasteiger partial charge in [-0.25, -0.2) is 0 Å². The molecule has 1 heterocycles. The van der Waals surface area contributed by atoms with Crippen molar-refractivity contribution >= 4 is 5.69 Å². The summed E-state index contributed by atoms with van der Waals surface area (Å²) in [4.78, 5) is 10.4. The standard InChI is InChI=1S/C13H15N3O5/c1-15-6-9(5-14-15)8-21-13-4-11(16(18)19)10(7-17)3-12(13)20-2/h3-6,17H,7-8H2,1-2H3. The van der Waals surface area contributed by atoms with Crippen LogP contribution in [0.2, 0.25) is 0 Å². The van der Waals surface area contributed by atoms with Crippen molar-refractivity contribution in [2.45, 2.75) is 13.2 Å². The number of ether oxygens (including phenoxy) is 2. The topological polar surface area (TPSA) is 99.7 Å². The van der Waals surface area contributed by atoms with Gasteiger partial charge in [-0.05, 0) is 6.07 Å².